The van der Waals surface area contributed by atoms with Gasteiger partial charge in [-0.2, -0.15) is 26.3 Å². The molecule has 22 heavy (non-hydrogen) atoms. The third-order valence-electron chi connectivity index (χ3n) is 3.50. The van der Waals surface area contributed by atoms with Crippen molar-refractivity contribution in [1.82, 2.24) is 0 Å². The van der Waals surface area contributed by atoms with Gasteiger partial charge in [0.15, 0.2) is 0 Å². The second kappa shape index (κ2) is 6.84. The molecule has 0 aromatic rings. The number of rotatable bonds is 7. The molecule has 0 bridgehead atoms. The molecular weight excluding hydrogens is 331 g/mol. The molecule has 0 amide bonds. The van der Waals surface area contributed by atoms with Crippen LogP contribution in [0.5, 0.6) is 0 Å². The van der Waals surface area contributed by atoms with Crippen LogP contribution < -0.4 is 0 Å². The molecule has 0 saturated heterocycles. The lowest BCUT2D eigenvalue weighted by atomic mass is 9.79. The Morgan fingerprint density at radius 1 is 0.909 bits per heavy atom. The maximum absolute atomic E-state index is 12.8. The van der Waals surface area contributed by atoms with E-state index in [1.807, 2.05) is 0 Å². The van der Waals surface area contributed by atoms with E-state index in [0.717, 1.165) is 6.92 Å². The van der Waals surface area contributed by atoms with Crippen LogP contribution in [-0.2, 0) is 0 Å². The summed E-state index contributed by atoms with van der Waals surface area (Å²) in [6.45, 7) is 0.168. The van der Waals surface area contributed by atoms with Crippen LogP contribution in [0.1, 0.15) is 33.1 Å². The van der Waals surface area contributed by atoms with Gasteiger partial charge >= 0.3 is 12.4 Å². The number of halogens is 9. The molecule has 0 fully saturated rings. The standard InChI is InChI=1S/C12H17F9O/c1-7(6-13)8(3-4-9(2,14)15)5-10(22,11(16,17)18)12(19,20)21/h7-8,22H,3-6H2,1-2H3. The first-order valence-corrected chi connectivity index (χ1v) is 6.35. The molecule has 134 valence electrons. The Balaban J connectivity index is 5.40. The van der Waals surface area contributed by atoms with Crippen LogP contribution >= 0.6 is 0 Å². The minimum absolute atomic E-state index is 0.448. The number of aliphatic hydroxyl groups is 1. The van der Waals surface area contributed by atoms with Gasteiger partial charge in [0.25, 0.3) is 5.60 Å². The Bertz CT molecular complexity index is 328. The fourth-order valence-electron chi connectivity index (χ4n) is 1.92. The third kappa shape index (κ3) is 5.51. The Kier molecular flexibility index (Phi) is 6.63. The largest absolute Gasteiger partial charge is 0.426 e. The Morgan fingerprint density at radius 3 is 1.59 bits per heavy atom. The van der Waals surface area contributed by atoms with Gasteiger partial charge < -0.3 is 5.11 Å². The smallest absolute Gasteiger partial charge is 0.374 e. The quantitative estimate of drug-likeness (QED) is 0.650. The fourth-order valence-corrected chi connectivity index (χ4v) is 1.92. The highest BCUT2D eigenvalue weighted by Gasteiger charge is 2.70. The van der Waals surface area contributed by atoms with E-state index in [1.165, 1.54) is 0 Å². The summed E-state index contributed by atoms with van der Waals surface area (Å²) >= 11 is 0. The zero-order valence-electron chi connectivity index (χ0n) is 11.8. The molecule has 10 heteroatoms. The Hall–Kier alpha value is -0.670. The van der Waals surface area contributed by atoms with Crippen molar-refractivity contribution in [2.24, 2.45) is 11.8 Å². The van der Waals surface area contributed by atoms with Gasteiger partial charge in [0.1, 0.15) is 0 Å². The molecule has 0 aliphatic heterocycles. The fraction of sp³-hybridized carbons (Fsp3) is 1.00. The highest BCUT2D eigenvalue weighted by Crippen LogP contribution is 2.48. The monoisotopic (exact) mass is 348 g/mol. The Labute approximate surface area is 121 Å². The lowest BCUT2D eigenvalue weighted by Crippen LogP contribution is -2.58. The van der Waals surface area contributed by atoms with E-state index in [1.54, 1.807) is 0 Å². The average molecular weight is 348 g/mol. The molecule has 0 aliphatic carbocycles. The molecule has 1 nitrogen and oxygen atoms in total. The van der Waals surface area contributed by atoms with Gasteiger partial charge in [0, 0.05) is 6.42 Å². The minimum Gasteiger partial charge on any atom is -0.374 e. The zero-order valence-corrected chi connectivity index (χ0v) is 11.8. The van der Waals surface area contributed by atoms with Gasteiger partial charge in [-0.3, -0.25) is 4.39 Å². The van der Waals surface area contributed by atoms with Crippen molar-refractivity contribution in [2.45, 2.75) is 57.0 Å². The van der Waals surface area contributed by atoms with Crippen molar-refractivity contribution in [3.05, 3.63) is 0 Å². The Morgan fingerprint density at radius 2 is 1.32 bits per heavy atom. The first-order valence-electron chi connectivity index (χ1n) is 6.35. The molecule has 0 aliphatic rings. The van der Waals surface area contributed by atoms with Crippen LogP contribution in [0.15, 0.2) is 0 Å². The molecule has 0 aromatic heterocycles. The predicted octanol–water partition coefficient (Wildman–Crippen LogP) is 4.89. The molecule has 0 heterocycles. The van der Waals surface area contributed by atoms with Crippen LogP contribution in [0.3, 0.4) is 0 Å². The summed E-state index contributed by atoms with van der Waals surface area (Å²) in [5.74, 6) is -6.36. The average Bonchev–Trinajstić information content (AvgIpc) is 2.29. The molecule has 1 N–H and O–H groups in total. The van der Waals surface area contributed by atoms with E-state index in [4.69, 9.17) is 5.11 Å². The van der Waals surface area contributed by atoms with Crippen LogP contribution in [0.25, 0.3) is 0 Å². The third-order valence-corrected chi connectivity index (χ3v) is 3.50. The van der Waals surface area contributed by atoms with Crippen molar-refractivity contribution in [3.8, 4) is 0 Å². The summed E-state index contributed by atoms with van der Waals surface area (Å²) in [6, 6.07) is 0. The predicted molar refractivity (Wildman–Crippen MR) is 60.2 cm³/mol. The SMILES string of the molecule is CC(CF)C(CCC(C)(F)F)CC(O)(C(F)(F)F)C(F)(F)F. The van der Waals surface area contributed by atoms with Crippen molar-refractivity contribution < 1.29 is 44.6 Å². The number of hydrogen-bond donors (Lipinski definition) is 1. The second-order valence-corrected chi connectivity index (χ2v) is 5.56. The summed E-state index contributed by atoms with van der Waals surface area (Å²) in [5, 5.41) is 9.07. The molecule has 2 atom stereocenters. The first kappa shape index (κ1) is 21.3. The highest BCUT2D eigenvalue weighted by molar-refractivity contribution is 4.96. The van der Waals surface area contributed by atoms with Crippen molar-refractivity contribution >= 4 is 0 Å². The zero-order chi connectivity index (χ0) is 18.0. The summed E-state index contributed by atoms with van der Waals surface area (Å²) in [6.07, 6.45) is -15.8. The van der Waals surface area contributed by atoms with Crippen LogP contribution in [0.4, 0.5) is 39.5 Å². The summed E-state index contributed by atoms with van der Waals surface area (Å²) in [7, 11) is 0. The van der Waals surface area contributed by atoms with E-state index < -0.39 is 61.6 Å². The highest BCUT2D eigenvalue weighted by atomic mass is 19.4. The summed E-state index contributed by atoms with van der Waals surface area (Å²) in [5.41, 5.74) is -5.06. The lowest BCUT2D eigenvalue weighted by molar-refractivity contribution is -0.373. The topological polar surface area (TPSA) is 20.2 Å². The molecule has 0 rings (SSSR count). The number of alkyl halides is 9. The minimum atomic E-state index is -6.05. The van der Waals surface area contributed by atoms with Crippen LogP contribution in [0.2, 0.25) is 0 Å². The maximum atomic E-state index is 12.8. The van der Waals surface area contributed by atoms with Crippen molar-refractivity contribution in [1.29, 1.82) is 0 Å². The van der Waals surface area contributed by atoms with Gasteiger partial charge in [0.2, 0.25) is 5.92 Å². The van der Waals surface area contributed by atoms with Crippen molar-refractivity contribution in [2.75, 3.05) is 6.67 Å². The summed E-state index contributed by atoms with van der Waals surface area (Å²) in [4.78, 5) is 0. The first-order chi connectivity index (χ1) is 9.55. The van der Waals surface area contributed by atoms with E-state index in [9.17, 15) is 39.5 Å². The number of hydrogen-bond acceptors (Lipinski definition) is 1. The molecule has 0 aromatic carbocycles. The van der Waals surface area contributed by atoms with E-state index in [-0.39, 0.29) is 0 Å². The van der Waals surface area contributed by atoms with E-state index >= 15 is 0 Å². The van der Waals surface area contributed by atoms with Gasteiger partial charge in [-0.1, -0.05) is 6.92 Å². The normalized spacial score (nSPS) is 17.5. The van der Waals surface area contributed by atoms with Gasteiger partial charge in [-0.15, -0.1) is 0 Å². The molecule has 0 spiro atoms. The van der Waals surface area contributed by atoms with Crippen LogP contribution in [-0.4, -0.2) is 35.7 Å². The maximum Gasteiger partial charge on any atom is 0.426 e. The van der Waals surface area contributed by atoms with E-state index in [2.05, 4.69) is 0 Å². The van der Waals surface area contributed by atoms with Crippen molar-refractivity contribution in [3.63, 3.8) is 0 Å². The molecular formula is C12H17F9O. The molecule has 2 unspecified atom stereocenters. The summed E-state index contributed by atoms with van der Waals surface area (Å²) < 4.78 is 114. The van der Waals surface area contributed by atoms with E-state index in [0.29, 0.717) is 6.92 Å². The van der Waals surface area contributed by atoms with Gasteiger partial charge in [-0.25, -0.2) is 8.78 Å². The van der Waals surface area contributed by atoms with Gasteiger partial charge in [-0.05, 0) is 31.6 Å². The lowest BCUT2D eigenvalue weighted by Gasteiger charge is -2.36. The molecule has 0 saturated carbocycles. The van der Waals surface area contributed by atoms with Crippen LogP contribution in [0, 0.1) is 11.8 Å². The van der Waals surface area contributed by atoms with Gasteiger partial charge in [0.05, 0.1) is 6.67 Å². The second-order valence-electron chi connectivity index (χ2n) is 5.56. The molecule has 0 radical (unpaired) electrons.